The standard InChI is InChI=1S/C20H28N2O2/c1-3-16-11-7-8-12-22(16)20(24)18-13-17(18)19(23)21-14(2)15-9-5-4-6-10-15/h4-6,9-10,14,16-18H,3,7-8,11-13H2,1-2H3,(H,21,23). The summed E-state index contributed by atoms with van der Waals surface area (Å²) in [5.74, 6) is -0.00737. The van der Waals surface area contributed by atoms with Crippen LogP contribution in [0.2, 0.25) is 0 Å². The molecule has 4 nitrogen and oxygen atoms in total. The number of amides is 2. The fourth-order valence-corrected chi connectivity index (χ4v) is 3.83. The van der Waals surface area contributed by atoms with Gasteiger partial charge in [-0.05, 0) is 44.6 Å². The van der Waals surface area contributed by atoms with Crippen molar-refractivity contribution in [3.8, 4) is 0 Å². The molecule has 1 saturated heterocycles. The SMILES string of the molecule is CCC1CCCCN1C(=O)C1CC1C(=O)NC(C)c1ccccc1. The van der Waals surface area contributed by atoms with E-state index in [0.717, 1.165) is 31.4 Å². The Labute approximate surface area is 144 Å². The van der Waals surface area contributed by atoms with E-state index in [4.69, 9.17) is 0 Å². The first-order chi connectivity index (χ1) is 11.6. The van der Waals surface area contributed by atoms with Gasteiger partial charge in [0, 0.05) is 12.6 Å². The largest absolute Gasteiger partial charge is 0.349 e. The number of carbonyl (C=O) groups excluding carboxylic acids is 2. The van der Waals surface area contributed by atoms with E-state index < -0.39 is 0 Å². The van der Waals surface area contributed by atoms with E-state index in [0.29, 0.717) is 12.5 Å². The number of rotatable bonds is 5. The molecule has 4 unspecified atom stereocenters. The fourth-order valence-electron chi connectivity index (χ4n) is 3.83. The smallest absolute Gasteiger partial charge is 0.226 e. The van der Waals surface area contributed by atoms with Gasteiger partial charge in [0.2, 0.25) is 11.8 Å². The maximum atomic E-state index is 12.7. The molecule has 0 radical (unpaired) electrons. The van der Waals surface area contributed by atoms with Crippen LogP contribution in [0.15, 0.2) is 30.3 Å². The average Bonchev–Trinajstić information content (AvgIpc) is 3.42. The number of likely N-dealkylation sites (tertiary alicyclic amines) is 1. The third-order valence-electron chi connectivity index (χ3n) is 5.48. The predicted molar refractivity (Wildman–Crippen MR) is 94.2 cm³/mol. The van der Waals surface area contributed by atoms with Gasteiger partial charge in [0.25, 0.3) is 0 Å². The molecule has 2 amide bonds. The molecule has 4 atom stereocenters. The van der Waals surface area contributed by atoms with Gasteiger partial charge >= 0.3 is 0 Å². The van der Waals surface area contributed by atoms with Crippen molar-refractivity contribution >= 4 is 11.8 Å². The van der Waals surface area contributed by atoms with Crippen molar-refractivity contribution in [3.63, 3.8) is 0 Å². The summed E-state index contributed by atoms with van der Waals surface area (Å²) < 4.78 is 0. The lowest BCUT2D eigenvalue weighted by Gasteiger charge is -2.35. The monoisotopic (exact) mass is 328 g/mol. The Bertz CT molecular complexity index is 587. The minimum absolute atomic E-state index is 0.0200. The highest BCUT2D eigenvalue weighted by molar-refractivity contribution is 5.92. The summed E-state index contributed by atoms with van der Waals surface area (Å²) in [6.45, 7) is 5.00. The highest BCUT2D eigenvalue weighted by Crippen LogP contribution is 2.41. The lowest BCUT2D eigenvalue weighted by Crippen LogP contribution is -2.44. The topological polar surface area (TPSA) is 49.4 Å². The Hall–Kier alpha value is -1.84. The summed E-state index contributed by atoms with van der Waals surface area (Å²) in [6.07, 6.45) is 5.14. The summed E-state index contributed by atoms with van der Waals surface area (Å²) in [7, 11) is 0. The van der Waals surface area contributed by atoms with Crippen molar-refractivity contribution < 1.29 is 9.59 Å². The molecule has 1 saturated carbocycles. The Balaban J connectivity index is 1.54. The molecule has 1 aliphatic heterocycles. The molecule has 2 fully saturated rings. The van der Waals surface area contributed by atoms with Gasteiger partial charge in [0.05, 0.1) is 17.9 Å². The zero-order chi connectivity index (χ0) is 17.1. The summed E-state index contributed by atoms with van der Waals surface area (Å²) in [4.78, 5) is 27.2. The van der Waals surface area contributed by atoms with Crippen LogP contribution in [-0.2, 0) is 9.59 Å². The third-order valence-corrected chi connectivity index (χ3v) is 5.48. The van der Waals surface area contributed by atoms with Gasteiger partial charge in [0.15, 0.2) is 0 Å². The first-order valence-electron chi connectivity index (χ1n) is 9.27. The zero-order valence-electron chi connectivity index (χ0n) is 14.7. The molecule has 1 aromatic rings. The molecule has 1 aliphatic carbocycles. The first-order valence-corrected chi connectivity index (χ1v) is 9.27. The first kappa shape index (κ1) is 17.0. The van der Waals surface area contributed by atoms with E-state index in [2.05, 4.69) is 12.2 Å². The number of hydrogen-bond acceptors (Lipinski definition) is 2. The van der Waals surface area contributed by atoms with Crippen LogP contribution in [0.4, 0.5) is 0 Å². The molecule has 2 aliphatic rings. The second-order valence-electron chi connectivity index (χ2n) is 7.18. The molecule has 3 rings (SSSR count). The van der Waals surface area contributed by atoms with Crippen molar-refractivity contribution in [2.75, 3.05) is 6.54 Å². The molecular formula is C20H28N2O2. The normalized spacial score (nSPS) is 27.4. The Kier molecular flexibility index (Phi) is 5.22. The molecular weight excluding hydrogens is 300 g/mol. The lowest BCUT2D eigenvalue weighted by molar-refractivity contribution is -0.138. The van der Waals surface area contributed by atoms with Crippen LogP contribution >= 0.6 is 0 Å². The third kappa shape index (κ3) is 3.63. The van der Waals surface area contributed by atoms with Crippen molar-refractivity contribution in [1.82, 2.24) is 10.2 Å². The van der Waals surface area contributed by atoms with E-state index in [9.17, 15) is 9.59 Å². The molecule has 1 heterocycles. The maximum absolute atomic E-state index is 12.7. The molecule has 0 bridgehead atoms. The van der Waals surface area contributed by atoms with Crippen LogP contribution in [0.3, 0.4) is 0 Å². The van der Waals surface area contributed by atoms with Gasteiger partial charge < -0.3 is 10.2 Å². The van der Waals surface area contributed by atoms with E-state index in [1.807, 2.05) is 42.2 Å². The van der Waals surface area contributed by atoms with E-state index in [1.165, 1.54) is 6.42 Å². The second-order valence-corrected chi connectivity index (χ2v) is 7.18. The minimum Gasteiger partial charge on any atom is -0.349 e. The van der Waals surface area contributed by atoms with Gasteiger partial charge in [-0.3, -0.25) is 9.59 Å². The van der Waals surface area contributed by atoms with Crippen LogP contribution in [0.1, 0.15) is 57.6 Å². The van der Waals surface area contributed by atoms with Crippen molar-refractivity contribution in [1.29, 1.82) is 0 Å². The minimum atomic E-state index is -0.136. The van der Waals surface area contributed by atoms with E-state index in [-0.39, 0.29) is 29.7 Å². The number of benzene rings is 1. The van der Waals surface area contributed by atoms with E-state index in [1.54, 1.807) is 0 Å². The molecule has 0 aromatic heterocycles. The van der Waals surface area contributed by atoms with Gasteiger partial charge in [-0.2, -0.15) is 0 Å². The van der Waals surface area contributed by atoms with Gasteiger partial charge in [-0.25, -0.2) is 0 Å². The maximum Gasteiger partial charge on any atom is 0.226 e. The summed E-state index contributed by atoms with van der Waals surface area (Å²) in [5, 5.41) is 3.06. The van der Waals surface area contributed by atoms with Crippen molar-refractivity contribution in [3.05, 3.63) is 35.9 Å². The van der Waals surface area contributed by atoms with Crippen LogP contribution in [0.25, 0.3) is 0 Å². The van der Waals surface area contributed by atoms with E-state index >= 15 is 0 Å². The van der Waals surface area contributed by atoms with Crippen molar-refractivity contribution in [2.24, 2.45) is 11.8 Å². The summed E-state index contributed by atoms with van der Waals surface area (Å²) >= 11 is 0. The van der Waals surface area contributed by atoms with Crippen LogP contribution < -0.4 is 5.32 Å². The quantitative estimate of drug-likeness (QED) is 0.901. The Morgan fingerprint density at radius 1 is 1.21 bits per heavy atom. The molecule has 4 heteroatoms. The lowest BCUT2D eigenvalue weighted by atomic mass is 9.99. The van der Waals surface area contributed by atoms with Gasteiger partial charge in [-0.1, -0.05) is 37.3 Å². The highest BCUT2D eigenvalue weighted by atomic mass is 16.2. The molecule has 1 N–H and O–H groups in total. The van der Waals surface area contributed by atoms with Gasteiger partial charge in [0.1, 0.15) is 0 Å². The number of nitrogens with one attached hydrogen (secondary N) is 1. The summed E-state index contributed by atoms with van der Waals surface area (Å²) in [6, 6.07) is 10.3. The van der Waals surface area contributed by atoms with Crippen molar-refractivity contribution in [2.45, 2.75) is 58.0 Å². The molecule has 24 heavy (non-hydrogen) atoms. The Morgan fingerprint density at radius 3 is 2.67 bits per heavy atom. The number of nitrogens with zero attached hydrogens (tertiary/aromatic N) is 1. The Morgan fingerprint density at radius 2 is 1.96 bits per heavy atom. The second kappa shape index (κ2) is 7.37. The molecule has 1 aromatic carbocycles. The molecule has 130 valence electrons. The number of carbonyl (C=O) groups is 2. The fraction of sp³-hybridized carbons (Fsp3) is 0.600. The van der Waals surface area contributed by atoms with Crippen LogP contribution in [-0.4, -0.2) is 29.3 Å². The zero-order valence-corrected chi connectivity index (χ0v) is 14.7. The average molecular weight is 328 g/mol. The van der Waals surface area contributed by atoms with Crippen LogP contribution in [0.5, 0.6) is 0 Å². The molecule has 0 spiro atoms. The highest BCUT2D eigenvalue weighted by Gasteiger charge is 2.50. The number of piperidine rings is 1. The number of hydrogen-bond donors (Lipinski definition) is 1. The predicted octanol–water partition coefficient (Wildman–Crippen LogP) is 3.29. The summed E-state index contributed by atoms with van der Waals surface area (Å²) in [5.41, 5.74) is 1.09. The van der Waals surface area contributed by atoms with Crippen LogP contribution in [0, 0.1) is 11.8 Å². The van der Waals surface area contributed by atoms with Gasteiger partial charge in [-0.15, -0.1) is 0 Å².